The lowest BCUT2D eigenvalue weighted by Crippen LogP contribution is -2.26. The van der Waals surface area contributed by atoms with Crippen molar-refractivity contribution < 1.29 is 17.6 Å². The molecular formula is C22H19BrFNO3S. The molecule has 0 unspecified atom stereocenters. The van der Waals surface area contributed by atoms with Gasteiger partial charge in [-0.2, -0.15) is 0 Å². The molecular weight excluding hydrogens is 457 g/mol. The normalized spacial score (nSPS) is 11.3. The summed E-state index contributed by atoms with van der Waals surface area (Å²) < 4.78 is 41.3. The minimum Gasteiger partial charge on any atom is -0.294 e. The molecule has 0 aliphatic heterocycles. The third-order valence-electron chi connectivity index (χ3n) is 4.66. The van der Waals surface area contributed by atoms with Crippen LogP contribution >= 0.6 is 15.9 Å². The van der Waals surface area contributed by atoms with Crippen molar-refractivity contribution in [1.82, 2.24) is 0 Å². The van der Waals surface area contributed by atoms with E-state index in [0.717, 1.165) is 4.47 Å². The minimum absolute atomic E-state index is 0.0320. The number of halogens is 2. The molecule has 0 bridgehead atoms. The maximum absolute atomic E-state index is 13.3. The fourth-order valence-electron chi connectivity index (χ4n) is 2.91. The molecule has 0 amide bonds. The average Bonchev–Trinajstić information content (AvgIpc) is 2.70. The van der Waals surface area contributed by atoms with Crippen LogP contribution in [0.3, 0.4) is 0 Å². The van der Waals surface area contributed by atoms with Crippen molar-refractivity contribution in [3.8, 4) is 0 Å². The molecule has 150 valence electrons. The molecule has 0 aliphatic rings. The quantitative estimate of drug-likeness (QED) is 0.463. The number of ketones is 1. The monoisotopic (exact) mass is 475 g/mol. The number of hydrogen-bond acceptors (Lipinski definition) is 3. The molecule has 3 rings (SSSR count). The SMILES string of the molecule is Cc1cc(F)ccc1CC(=O)c1cccc(S(=O)(=O)N(C)c2ccc(Br)cc2)c1. The number of aryl methyl sites for hydroxylation is 1. The van der Waals surface area contributed by atoms with Crippen LogP contribution < -0.4 is 4.31 Å². The summed E-state index contributed by atoms with van der Waals surface area (Å²) in [5.41, 5.74) is 2.18. The van der Waals surface area contributed by atoms with Crippen molar-refractivity contribution in [1.29, 1.82) is 0 Å². The molecule has 0 saturated heterocycles. The standard InChI is InChI=1S/C22H19BrFNO3S/c1-15-12-19(24)9-6-16(15)14-22(26)17-4-3-5-21(13-17)29(27,28)25(2)20-10-7-18(23)8-11-20/h3-13H,14H2,1-2H3. The number of rotatable bonds is 6. The third kappa shape index (κ3) is 4.74. The van der Waals surface area contributed by atoms with Crippen LogP contribution in [0.15, 0.2) is 76.1 Å². The highest BCUT2D eigenvalue weighted by atomic mass is 79.9. The van der Waals surface area contributed by atoms with Gasteiger partial charge in [-0.3, -0.25) is 9.10 Å². The van der Waals surface area contributed by atoms with E-state index in [0.29, 0.717) is 22.4 Å². The first kappa shape index (κ1) is 21.2. The van der Waals surface area contributed by atoms with Gasteiger partial charge in [-0.1, -0.05) is 34.1 Å². The summed E-state index contributed by atoms with van der Waals surface area (Å²) >= 11 is 3.33. The second-order valence-electron chi connectivity index (χ2n) is 6.65. The fraction of sp³-hybridized carbons (Fsp3) is 0.136. The van der Waals surface area contributed by atoms with Crippen LogP contribution in [0.25, 0.3) is 0 Å². The largest absolute Gasteiger partial charge is 0.294 e. The second kappa shape index (κ2) is 8.47. The zero-order chi connectivity index (χ0) is 21.2. The summed E-state index contributed by atoms with van der Waals surface area (Å²) in [5.74, 6) is -0.592. The molecule has 0 saturated carbocycles. The van der Waals surface area contributed by atoms with Gasteiger partial charge in [-0.15, -0.1) is 0 Å². The molecule has 3 aromatic rings. The fourth-order valence-corrected chi connectivity index (χ4v) is 4.42. The van der Waals surface area contributed by atoms with E-state index in [1.54, 1.807) is 49.4 Å². The molecule has 3 aromatic carbocycles. The molecule has 0 atom stereocenters. The number of nitrogens with zero attached hydrogens (tertiary/aromatic N) is 1. The Morgan fingerprint density at radius 3 is 2.38 bits per heavy atom. The van der Waals surface area contributed by atoms with Gasteiger partial charge < -0.3 is 0 Å². The summed E-state index contributed by atoms with van der Waals surface area (Å²) in [6.07, 6.45) is 0.0676. The highest BCUT2D eigenvalue weighted by Crippen LogP contribution is 2.25. The van der Waals surface area contributed by atoms with Crippen LogP contribution in [0, 0.1) is 12.7 Å². The summed E-state index contributed by atoms with van der Waals surface area (Å²) in [6.45, 7) is 1.74. The van der Waals surface area contributed by atoms with E-state index in [9.17, 15) is 17.6 Å². The topological polar surface area (TPSA) is 54.5 Å². The van der Waals surface area contributed by atoms with Crippen molar-refractivity contribution in [3.05, 3.63) is 93.7 Å². The van der Waals surface area contributed by atoms with Gasteiger partial charge >= 0.3 is 0 Å². The number of carbonyl (C=O) groups is 1. The smallest absolute Gasteiger partial charge is 0.264 e. The first-order valence-corrected chi connectivity index (χ1v) is 11.0. The molecule has 7 heteroatoms. The van der Waals surface area contributed by atoms with Crippen LogP contribution in [0.4, 0.5) is 10.1 Å². The van der Waals surface area contributed by atoms with Crippen molar-refractivity contribution >= 4 is 37.4 Å². The summed E-state index contributed by atoms with van der Waals surface area (Å²) in [5, 5.41) is 0. The number of Topliss-reactive ketones (excluding diaryl/α,β-unsaturated/α-hetero) is 1. The van der Waals surface area contributed by atoms with Crippen molar-refractivity contribution in [2.75, 3.05) is 11.4 Å². The van der Waals surface area contributed by atoms with Gasteiger partial charge in [-0.05, 0) is 66.6 Å². The Balaban J connectivity index is 1.87. The first-order valence-electron chi connectivity index (χ1n) is 8.81. The number of benzene rings is 3. The van der Waals surface area contributed by atoms with Crippen LogP contribution in [-0.4, -0.2) is 21.2 Å². The van der Waals surface area contributed by atoms with Gasteiger partial charge in [0.05, 0.1) is 10.6 Å². The Labute approximate surface area is 178 Å². The van der Waals surface area contributed by atoms with Crippen molar-refractivity contribution in [3.63, 3.8) is 0 Å². The molecule has 0 aromatic heterocycles. The molecule has 0 heterocycles. The molecule has 0 fully saturated rings. The predicted octanol–water partition coefficient (Wildman–Crippen LogP) is 5.15. The number of carbonyl (C=O) groups excluding carboxylic acids is 1. The zero-order valence-electron chi connectivity index (χ0n) is 15.9. The molecule has 4 nitrogen and oxygen atoms in total. The van der Waals surface area contributed by atoms with E-state index in [1.165, 1.54) is 35.6 Å². The molecule has 0 radical (unpaired) electrons. The summed E-state index contributed by atoms with van der Waals surface area (Å²) in [4.78, 5) is 12.7. The van der Waals surface area contributed by atoms with Crippen LogP contribution in [0.1, 0.15) is 21.5 Å². The summed E-state index contributed by atoms with van der Waals surface area (Å²) in [7, 11) is -2.36. The van der Waals surface area contributed by atoms with Gasteiger partial charge in [0.25, 0.3) is 10.0 Å². The lowest BCUT2D eigenvalue weighted by atomic mass is 9.99. The van der Waals surface area contributed by atoms with E-state index in [2.05, 4.69) is 15.9 Å². The second-order valence-corrected chi connectivity index (χ2v) is 9.53. The highest BCUT2D eigenvalue weighted by Gasteiger charge is 2.22. The van der Waals surface area contributed by atoms with Gasteiger partial charge in [0, 0.05) is 23.5 Å². The number of hydrogen-bond donors (Lipinski definition) is 0. The highest BCUT2D eigenvalue weighted by molar-refractivity contribution is 9.10. The minimum atomic E-state index is -3.83. The lowest BCUT2D eigenvalue weighted by Gasteiger charge is -2.20. The van der Waals surface area contributed by atoms with Crippen LogP contribution in [0.2, 0.25) is 0 Å². The van der Waals surface area contributed by atoms with Gasteiger partial charge in [0.2, 0.25) is 0 Å². The summed E-state index contributed by atoms with van der Waals surface area (Å²) in [6, 6.07) is 17.1. The average molecular weight is 476 g/mol. The first-order chi connectivity index (χ1) is 13.7. The molecule has 0 aliphatic carbocycles. The van der Waals surface area contributed by atoms with Gasteiger partial charge in [0.15, 0.2) is 5.78 Å². The Morgan fingerprint density at radius 2 is 1.72 bits per heavy atom. The van der Waals surface area contributed by atoms with Crippen molar-refractivity contribution in [2.24, 2.45) is 0 Å². The van der Waals surface area contributed by atoms with Crippen molar-refractivity contribution in [2.45, 2.75) is 18.2 Å². The molecule has 29 heavy (non-hydrogen) atoms. The Kier molecular flexibility index (Phi) is 6.19. The maximum Gasteiger partial charge on any atom is 0.264 e. The van der Waals surface area contributed by atoms with Gasteiger partial charge in [-0.25, -0.2) is 12.8 Å². The van der Waals surface area contributed by atoms with E-state index < -0.39 is 10.0 Å². The van der Waals surface area contributed by atoms with E-state index in [4.69, 9.17) is 0 Å². The molecule has 0 N–H and O–H groups in total. The van der Waals surface area contributed by atoms with E-state index in [-0.39, 0.29) is 22.9 Å². The van der Waals surface area contributed by atoms with E-state index >= 15 is 0 Å². The predicted molar refractivity (Wildman–Crippen MR) is 115 cm³/mol. The van der Waals surface area contributed by atoms with E-state index in [1.807, 2.05) is 0 Å². The third-order valence-corrected chi connectivity index (χ3v) is 6.97. The molecule has 0 spiro atoms. The Bertz CT molecular complexity index is 1160. The van der Waals surface area contributed by atoms with Crippen LogP contribution in [-0.2, 0) is 16.4 Å². The maximum atomic E-state index is 13.3. The lowest BCUT2D eigenvalue weighted by molar-refractivity contribution is 0.0992. The Hall–Kier alpha value is -2.51. The zero-order valence-corrected chi connectivity index (χ0v) is 18.3. The number of anilines is 1. The van der Waals surface area contributed by atoms with Gasteiger partial charge in [0.1, 0.15) is 5.82 Å². The Morgan fingerprint density at radius 1 is 1.03 bits per heavy atom. The number of sulfonamides is 1. The van der Waals surface area contributed by atoms with Crippen LogP contribution in [0.5, 0.6) is 0 Å².